The zero-order valence-electron chi connectivity index (χ0n) is 18.9. The van der Waals surface area contributed by atoms with E-state index in [4.69, 9.17) is 19.7 Å². The second kappa shape index (κ2) is 13.7. The lowest BCUT2D eigenvalue weighted by atomic mass is 10.1. The number of nitrogens with one attached hydrogen (secondary N) is 2. The van der Waals surface area contributed by atoms with E-state index in [0.29, 0.717) is 29.0 Å². The van der Waals surface area contributed by atoms with Crippen molar-refractivity contribution in [1.29, 1.82) is 0 Å². The smallest absolute Gasteiger partial charge is 0.328 e. The van der Waals surface area contributed by atoms with Gasteiger partial charge >= 0.3 is 11.9 Å². The first kappa shape index (κ1) is 27.3. The van der Waals surface area contributed by atoms with Gasteiger partial charge in [-0.3, -0.25) is 4.79 Å². The molecule has 1 saturated heterocycles. The molecular weight excluding hydrogens is 466 g/mol. The topological polar surface area (TPSA) is 134 Å². The molecule has 0 bridgehead atoms. The van der Waals surface area contributed by atoms with Crippen LogP contribution in [0.15, 0.2) is 48.6 Å². The molecule has 4 N–H and O–H groups in total. The molecule has 0 spiro atoms. The summed E-state index contributed by atoms with van der Waals surface area (Å²) in [5, 5.41) is 21.5. The first-order valence-electron chi connectivity index (χ1n) is 10.6. The molecule has 2 aromatic rings. The van der Waals surface area contributed by atoms with Gasteiger partial charge < -0.3 is 30.3 Å². The number of methoxy groups -OCH3 is 1. The molecule has 9 nitrogen and oxygen atoms in total. The van der Waals surface area contributed by atoms with Gasteiger partial charge in [0.25, 0.3) is 0 Å². The van der Waals surface area contributed by atoms with E-state index in [1.54, 1.807) is 12.1 Å². The number of benzene rings is 2. The number of hydrogen-bond donors (Lipinski definition) is 4. The average molecular weight is 492 g/mol. The molecule has 1 aliphatic heterocycles. The van der Waals surface area contributed by atoms with Crippen LogP contribution in [-0.2, 0) is 27.5 Å². The van der Waals surface area contributed by atoms with E-state index < -0.39 is 17.8 Å². The predicted octanol–water partition coefficient (Wildman–Crippen LogP) is 2.63. The van der Waals surface area contributed by atoms with Crippen LogP contribution in [0.2, 0.25) is 0 Å². The molecule has 3 rings (SSSR count). The predicted molar refractivity (Wildman–Crippen MR) is 121 cm³/mol. The van der Waals surface area contributed by atoms with Crippen molar-refractivity contribution in [3.63, 3.8) is 0 Å². The summed E-state index contributed by atoms with van der Waals surface area (Å²) in [6, 6.07) is 8.43. The van der Waals surface area contributed by atoms with E-state index in [1.807, 2.05) is 0 Å². The van der Waals surface area contributed by atoms with E-state index >= 15 is 0 Å². The number of carbonyl (C=O) groups is 3. The number of amides is 1. The maximum Gasteiger partial charge on any atom is 0.328 e. The Labute approximate surface area is 200 Å². The summed E-state index contributed by atoms with van der Waals surface area (Å²) in [6.07, 6.45) is 2.88. The van der Waals surface area contributed by atoms with E-state index in [9.17, 15) is 23.2 Å². The Morgan fingerprint density at radius 2 is 1.83 bits per heavy atom. The third-order valence-electron chi connectivity index (χ3n) is 4.82. The van der Waals surface area contributed by atoms with Crippen LogP contribution in [0.25, 0.3) is 0 Å². The number of hydrogen-bond acceptors (Lipinski definition) is 6. The van der Waals surface area contributed by atoms with Crippen molar-refractivity contribution in [2.24, 2.45) is 0 Å². The number of ether oxygens (including phenoxy) is 2. The molecule has 1 fully saturated rings. The van der Waals surface area contributed by atoms with E-state index in [0.717, 1.165) is 19.4 Å². The van der Waals surface area contributed by atoms with Crippen molar-refractivity contribution in [1.82, 2.24) is 10.6 Å². The highest BCUT2D eigenvalue weighted by molar-refractivity contribution is 5.89. The van der Waals surface area contributed by atoms with E-state index in [2.05, 4.69) is 10.6 Å². The van der Waals surface area contributed by atoms with Crippen molar-refractivity contribution < 1.29 is 42.9 Å². The van der Waals surface area contributed by atoms with Gasteiger partial charge in [0.1, 0.15) is 18.2 Å². The first-order valence-corrected chi connectivity index (χ1v) is 10.6. The van der Waals surface area contributed by atoms with Crippen LogP contribution in [0.1, 0.15) is 24.0 Å². The zero-order valence-corrected chi connectivity index (χ0v) is 18.9. The lowest BCUT2D eigenvalue weighted by Gasteiger charge is -2.15. The van der Waals surface area contributed by atoms with E-state index in [1.165, 1.54) is 31.4 Å². The number of carboxylic acid groups (broad SMARTS) is 2. The van der Waals surface area contributed by atoms with Crippen molar-refractivity contribution in [3.8, 4) is 11.5 Å². The second-order valence-corrected chi connectivity index (χ2v) is 7.39. The zero-order chi connectivity index (χ0) is 25.8. The molecule has 0 aliphatic carbocycles. The quantitative estimate of drug-likeness (QED) is 0.393. The average Bonchev–Trinajstić information content (AvgIpc) is 3.36. The Balaban J connectivity index is 0.000000466. The largest absolute Gasteiger partial charge is 0.496 e. The van der Waals surface area contributed by atoms with Crippen LogP contribution in [0.3, 0.4) is 0 Å². The monoisotopic (exact) mass is 492 g/mol. The van der Waals surface area contributed by atoms with Gasteiger partial charge in [-0.1, -0.05) is 12.1 Å². The molecule has 1 atom stereocenters. The van der Waals surface area contributed by atoms with Crippen LogP contribution in [-0.4, -0.2) is 47.8 Å². The molecule has 0 aromatic heterocycles. The summed E-state index contributed by atoms with van der Waals surface area (Å²) in [5.74, 6) is -3.16. The first-order chi connectivity index (χ1) is 16.7. The molecule has 11 heteroatoms. The Bertz CT molecular complexity index is 1050. The number of carbonyl (C=O) groups excluding carboxylic acids is 1. The van der Waals surface area contributed by atoms with Gasteiger partial charge in [0.2, 0.25) is 5.91 Å². The molecule has 1 heterocycles. The molecule has 0 saturated carbocycles. The van der Waals surface area contributed by atoms with Crippen LogP contribution < -0.4 is 20.1 Å². The Morgan fingerprint density at radius 1 is 1.11 bits per heavy atom. The maximum atomic E-state index is 14.4. The Morgan fingerprint density at radius 3 is 2.40 bits per heavy atom. The van der Waals surface area contributed by atoms with Gasteiger partial charge in [-0.2, -0.15) is 0 Å². The van der Waals surface area contributed by atoms with Crippen LogP contribution in [0.5, 0.6) is 11.5 Å². The summed E-state index contributed by atoms with van der Waals surface area (Å²) in [5.41, 5.74) is 1.10. The number of halogens is 2. The van der Waals surface area contributed by atoms with Crippen LogP contribution in [0, 0.1) is 11.6 Å². The fourth-order valence-corrected chi connectivity index (χ4v) is 3.16. The standard InChI is InChI=1S/C20H22F2N2O3.C4H4O4/c1-26-18-10-19(27-12-13-4-2-5-15(21)8-13)16(22)9-14(18)11-24-20(25)17-6-3-7-23-17;5-3(6)1-2-4(7)8/h2,4-5,8-10,17,23H,3,6-7,11-12H2,1H3,(H,24,25);1-2H,(H,5,6)(H,7,8)/b;2-1+/t17-;/m0./s1. The highest BCUT2D eigenvalue weighted by Gasteiger charge is 2.22. The molecule has 2 aromatic carbocycles. The molecular formula is C24H26F2N2O7. The van der Waals surface area contributed by atoms with E-state index in [-0.39, 0.29) is 36.7 Å². The lowest BCUT2D eigenvalue weighted by molar-refractivity contribution is -0.134. The molecule has 0 unspecified atom stereocenters. The maximum absolute atomic E-state index is 14.4. The highest BCUT2D eigenvalue weighted by atomic mass is 19.1. The van der Waals surface area contributed by atoms with Gasteiger partial charge in [-0.25, -0.2) is 18.4 Å². The minimum atomic E-state index is -1.26. The van der Waals surface area contributed by atoms with Crippen LogP contribution >= 0.6 is 0 Å². The van der Waals surface area contributed by atoms with Gasteiger partial charge in [0, 0.05) is 30.3 Å². The van der Waals surface area contributed by atoms with Gasteiger partial charge in [-0.05, 0) is 43.1 Å². The van der Waals surface area contributed by atoms with Crippen molar-refractivity contribution in [2.75, 3.05) is 13.7 Å². The molecule has 188 valence electrons. The third kappa shape index (κ3) is 9.41. The third-order valence-corrected chi connectivity index (χ3v) is 4.82. The number of carboxylic acids is 2. The molecule has 1 aliphatic rings. The van der Waals surface area contributed by atoms with Crippen molar-refractivity contribution >= 4 is 17.8 Å². The lowest BCUT2D eigenvalue weighted by Crippen LogP contribution is -2.40. The summed E-state index contributed by atoms with van der Waals surface area (Å²) in [4.78, 5) is 31.2. The Hall–Kier alpha value is -3.99. The van der Waals surface area contributed by atoms with Crippen LogP contribution in [0.4, 0.5) is 8.78 Å². The highest BCUT2D eigenvalue weighted by Crippen LogP contribution is 2.29. The molecule has 0 radical (unpaired) electrons. The summed E-state index contributed by atoms with van der Waals surface area (Å²) < 4.78 is 38.4. The van der Waals surface area contributed by atoms with Crippen molar-refractivity contribution in [2.45, 2.75) is 32.0 Å². The van der Waals surface area contributed by atoms with Crippen molar-refractivity contribution in [3.05, 3.63) is 71.3 Å². The normalized spacial score (nSPS) is 14.7. The summed E-state index contributed by atoms with van der Waals surface area (Å²) in [6.45, 7) is 1.01. The fourth-order valence-electron chi connectivity index (χ4n) is 3.16. The number of rotatable bonds is 9. The Kier molecular flexibility index (Phi) is 10.6. The fraction of sp³-hybridized carbons (Fsp3) is 0.292. The van der Waals surface area contributed by atoms with Gasteiger partial charge in [0.15, 0.2) is 11.6 Å². The number of aliphatic carboxylic acids is 2. The van der Waals surface area contributed by atoms with Gasteiger partial charge in [-0.15, -0.1) is 0 Å². The summed E-state index contributed by atoms with van der Waals surface area (Å²) >= 11 is 0. The molecule has 1 amide bonds. The summed E-state index contributed by atoms with van der Waals surface area (Å²) in [7, 11) is 1.47. The SMILES string of the molecule is COc1cc(OCc2cccc(F)c2)c(F)cc1CNC(=O)[C@@H]1CCCN1.O=C(O)/C=C/C(=O)O. The van der Waals surface area contributed by atoms with Gasteiger partial charge in [0.05, 0.1) is 13.2 Å². The minimum absolute atomic E-state index is 0.00338. The molecule has 35 heavy (non-hydrogen) atoms. The minimum Gasteiger partial charge on any atom is -0.496 e. The second-order valence-electron chi connectivity index (χ2n) is 7.39.